The maximum absolute atomic E-state index is 5.45. The van der Waals surface area contributed by atoms with Gasteiger partial charge in [0.2, 0.25) is 0 Å². The maximum Gasteiger partial charge on any atom is 0.163 e. The highest BCUT2D eigenvalue weighted by atomic mass is 15.3. The highest BCUT2D eigenvalue weighted by Gasteiger charge is 2.10. The van der Waals surface area contributed by atoms with Crippen LogP contribution in [0.3, 0.4) is 0 Å². The Kier molecular flexibility index (Phi) is 3.01. The minimum atomic E-state index is 0.645. The number of rotatable bonds is 2. The van der Waals surface area contributed by atoms with Crippen LogP contribution in [-0.2, 0) is 0 Å². The van der Waals surface area contributed by atoms with Crippen molar-refractivity contribution in [1.29, 1.82) is 0 Å². The van der Waals surface area contributed by atoms with Crippen LogP contribution >= 0.6 is 0 Å². The third-order valence-corrected chi connectivity index (χ3v) is 2.81. The number of aryl methyl sites for hydroxylation is 2. The summed E-state index contributed by atoms with van der Waals surface area (Å²) in [5.41, 5.74) is 6.47. The molecule has 0 bridgehead atoms. The van der Waals surface area contributed by atoms with E-state index in [1.807, 2.05) is 26.8 Å². The Bertz CT molecular complexity index is 551. The number of hydrogen-bond acceptors (Lipinski definition) is 5. The van der Waals surface area contributed by atoms with Gasteiger partial charge in [-0.1, -0.05) is 0 Å². The van der Waals surface area contributed by atoms with E-state index >= 15 is 0 Å². The number of nitrogen functional groups attached to an aromatic ring is 1. The molecule has 0 amide bonds. The van der Waals surface area contributed by atoms with E-state index in [0.29, 0.717) is 11.6 Å². The summed E-state index contributed by atoms with van der Waals surface area (Å²) in [4.78, 5) is 13.0. The van der Waals surface area contributed by atoms with Gasteiger partial charge in [-0.3, -0.25) is 4.98 Å². The number of pyridine rings is 1. The van der Waals surface area contributed by atoms with E-state index in [4.69, 9.17) is 5.84 Å². The number of nitrogens with one attached hydrogen (secondary N) is 1. The van der Waals surface area contributed by atoms with E-state index in [1.165, 1.54) is 0 Å². The van der Waals surface area contributed by atoms with Crippen LogP contribution in [0.4, 0.5) is 5.82 Å². The van der Waals surface area contributed by atoms with Crippen LogP contribution in [0.15, 0.2) is 18.5 Å². The third kappa shape index (κ3) is 2.09. The van der Waals surface area contributed by atoms with Crippen LogP contribution in [0.25, 0.3) is 11.4 Å². The number of anilines is 1. The Balaban J connectivity index is 2.61. The van der Waals surface area contributed by atoms with Gasteiger partial charge in [-0.25, -0.2) is 15.8 Å². The first kappa shape index (κ1) is 11.5. The summed E-state index contributed by atoms with van der Waals surface area (Å²) in [6.45, 7) is 5.88. The van der Waals surface area contributed by atoms with E-state index in [-0.39, 0.29) is 0 Å². The summed E-state index contributed by atoms with van der Waals surface area (Å²) < 4.78 is 0. The fourth-order valence-corrected chi connectivity index (χ4v) is 1.59. The molecule has 3 N–H and O–H groups in total. The highest BCUT2D eigenvalue weighted by Crippen LogP contribution is 2.22. The quantitative estimate of drug-likeness (QED) is 0.606. The average Bonchev–Trinajstić information content (AvgIpc) is 2.33. The Morgan fingerprint density at radius 1 is 1.18 bits per heavy atom. The zero-order chi connectivity index (χ0) is 12.4. The van der Waals surface area contributed by atoms with Crippen molar-refractivity contribution in [3.8, 4) is 11.4 Å². The molecule has 2 aromatic rings. The van der Waals surface area contributed by atoms with E-state index in [0.717, 1.165) is 22.4 Å². The van der Waals surface area contributed by atoms with Gasteiger partial charge >= 0.3 is 0 Å². The number of hydrazine groups is 1. The second-order valence-corrected chi connectivity index (χ2v) is 3.94. The zero-order valence-electron chi connectivity index (χ0n) is 10.2. The first-order chi connectivity index (χ1) is 8.13. The Labute approximate surface area is 100 Å². The monoisotopic (exact) mass is 229 g/mol. The predicted molar refractivity (Wildman–Crippen MR) is 67.3 cm³/mol. The van der Waals surface area contributed by atoms with Crippen molar-refractivity contribution in [3.05, 3.63) is 35.3 Å². The van der Waals surface area contributed by atoms with Crippen molar-refractivity contribution in [2.75, 3.05) is 5.43 Å². The molecule has 2 heterocycles. The van der Waals surface area contributed by atoms with Crippen molar-refractivity contribution < 1.29 is 0 Å². The smallest absolute Gasteiger partial charge is 0.163 e. The van der Waals surface area contributed by atoms with Crippen LogP contribution in [0.2, 0.25) is 0 Å². The number of hydrogen-bond donors (Lipinski definition) is 2. The van der Waals surface area contributed by atoms with Crippen LogP contribution in [-0.4, -0.2) is 15.0 Å². The van der Waals surface area contributed by atoms with E-state index < -0.39 is 0 Å². The van der Waals surface area contributed by atoms with E-state index in [9.17, 15) is 0 Å². The minimum absolute atomic E-state index is 0.645. The van der Waals surface area contributed by atoms with Gasteiger partial charge in [0.1, 0.15) is 5.82 Å². The second-order valence-electron chi connectivity index (χ2n) is 3.94. The lowest BCUT2D eigenvalue weighted by atomic mass is 10.1. The van der Waals surface area contributed by atoms with Gasteiger partial charge in [0.25, 0.3) is 0 Å². The van der Waals surface area contributed by atoms with Crippen molar-refractivity contribution in [2.24, 2.45) is 5.84 Å². The SMILES string of the molecule is Cc1ccncc1-c1nc(C)c(C)c(NN)n1. The number of nitrogens with zero attached hydrogens (tertiary/aromatic N) is 3. The first-order valence-corrected chi connectivity index (χ1v) is 5.36. The summed E-state index contributed by atoms with van der Waals surface area (Å²) in [6, 6.07) is 1.93. The molecule has 0 aliphatic carbocycles. The number of aromatic nitrogens is 3. The Morgan fingerprint density at radius 3 is 2.59 bits per heavy atom. The molecule has 0 aromatic carbocycles. The molecule has 0 atom stereocenters. The van der Waals surface area contributed by atoms with Gasteiger partial charge in [0.05, 0.1) is 0 Å². The summed E-state index contributed by atoms with van der Waals surface area (Å²) in [5, 5.41) is 0. The van der Waals surface area contributed by atoms with Gasteiger partial charge in [-0.15, -0.1) is 0 Å². The van der Waals surface area contributed by atoms with Crippen molar-refractivity contribution in [2.45, 2.75) is 20.8 Å². The lowest BCUT2D eigenvalue weighted by Gasteiger charge is -2.10. The summed E-state index contributed by atoms with van der Waals surface area (Å²) >= 11 is 0. The Hall–Kier alpha value is -2.01. The van der Waals surface area contributed by atoms with E-state index in [1.54, 1.807) is 12.4 Å². The molecule has 0 unspecified atom stereocenters. The zero-order valence-corrected chi connectivity index (χ0v) is 10.2. The fourth-order valence-electron chi connectivity index (χ4n) is 1.59. The fraction of sp³-hybridized carbons (Fsp3) is 0.250. The van der Waals surface area contributed by atoms with Crippen molar-refractivity contribution >= 4 is 5.82 Å². The molecule has 0 fully saturated rings. The number of nitrogens with two attached hydrogens (primary N) is 1. The summed E-state index contributed by atoms with van der Waals surface area (Å²) in [7, 11) is 0. The second kappa shape index (κ2) is 4.47. The van der Waals surface area contributed by atoms with Crippen LogP contribution < -0.4 is 11.3 Å². The molecule has 17 heavy (non-hydrogen) atoms. The van der Waals surface area contributed by atoms with Gasteiger partial charge in [-0.05, 0) is 32.4 Å². The maximum atomic E-state index is 5.45. The molecule has 0 saturated heterocycles. The molecular formula is C12H15N5. The molecule has 5 nitrogen and oxygen atoms in total. The normalized spacial score (nSPS) is 10.4. The topological polar surface area (TPSA) is 76.7 Å². The lowest BCUT2D eigenvalue weighted by molar-refractivity contribution is 1.05. The molecular weight excluding hydrogens is 214 g/mol. The van der Waals surface area contributed by atoms with Gasteiger partial charge in [0, 0.05) is 29.2 Å². The lowest BCUT2D eigenvalue weighted by Crippen LogP contribution is -2.12. The third-order valence-electron chi connectivity index (χ3n) is 2.81. The van der Waals surface area contributed by atoms with Crippen molar-refractivity contribution in [1.82, 2.24) is 15.0 Å². The van der Waals surface area contributed by atoms with Gasteiger partial charge in [-0.2, -0.15) is 0 Å². The van der Waals surface area contributed by atoms with Gasteiger partial charge < -0.3 is 5.43 Å². The van der Waals surface area contributed by atoms with Gasteiger partial charge in [0.15, 0.2) is 5.82 Å². The first-order valence-electron chi connectivity index (χ1n) is 5.36. The molecule has 5 heteroatoms. The van der Waals surface area contributed by atoms with Crippen LogP contribution in [0, 0.1) is 20.8 Å². The molecule has 2 rings (SSSR count). The Morgan fingerprint density at radius 2 is 1.94 bits per heavy atom. The van der Waals surface area contributed by atoms with Crippen LogP contribution in [0.1, 0.15) is 16.8 Å². The summed E-state index contributed by atoms with van der Waals surface area (Å²) in [6.07, 6.45) is 3.52. The molecule has 88 valence electrons. The predicted octanol–water partition coefficient (Wildman–Crippen LogP) is 1.75. The van der Waals surface area contributed by atoms with E-state index in [2.05, 4.69) is 20.4 Å². The van der Waals surface area contributed by atoms with Crippen molar-refractivity contribution in [3.63, 3.8) is 0 Å². The average molecular weight is 229 g/mol. The molecule has 0 aliphatic heterocycles. The molecule has 0 radical (unpaired) electrons. The standard InChI is InChI=1S/C12H15N5/c1-7-4-5-14-6-10(7)12-15-9(3)8(2)11(16-12)17-13/h4-6H,13H2,1-3H3,(H,15,16,17). The largest absolute Gasteiger partial charge is 0.308 e. The minimum Gasteiger partial charge on any atom is -0.308 e. The molecule has 0 aliphatic rings. The molecule has 0 saturated carbocycles. The van der Waals surface area contributed by atoms with Crippen LogP contribution in [0.5, 0.6) is 0 Å². The molecule has 0 spiro atoms. The molecule has 2 aromatic heterocycles. The summed E-state index contributed by atoms with van der Waals surface area (Å²) in [5.74, 6) is 6.74. The highest BCUT2D eigenvalue weighted by molar-refractivity contribution is 5.61.